The van der Waals surface area contributed by atoms with Crippen LogP contribution in [-0.4, -0.2) is 0 Å². The van der Waals surface area contributed by atoms with Crippen LogP contribution >= 0.6 is 0 Å². The molecule has 0 unspecified atom stereocenters. The SMILES string of the molecule is C=C/C=[C]/CCCCCCCCCCCC. The standard InChI is InChI=1S/C16H29/c1-3-5-7-9-11-13-15-16-14-12-10-8-6-4-2/h3,5H,1,4,6,8-16H2,2H3. The van der Waals surface area contributed by atoms with Gasteiger partial charge in [-0.05, 0) is 18.9 Å². The maximum Gasteiger partial charge on any atom is -0.0276 e. The first-order chi connectivity index (χ1) is 7.91. The Bertz CT molecular complexity index is 155. The molecule has 1 radical (unpaired) electrons. The van der Waals surface area contributed by atoms with Crippen LogP contribution in [0.2, 0.25) is 0 Å². The summed E-state index contributed by atoms with van der Waals surface area (Å²) in [5.41, 5.74) is 0. The summed E-state index contributed by atoms with van der Waals surface area (Å²) in [6, 6.07) is 0. The molecule has 0 heterocycles. The molecular formula is C16H29. The largest absolute Gasteiger partial charge is 0.0991 e. The fraction of sp³-hybridized carbons (Fsp3) is 0.750. The molecule has 0 aliphatic carbocycles. The van der Waals surface area contributed by atoms with Gasteiger partial charge >= 0.3 is 0 Å². The fourth-order valence-corrected chi connectivity index (χ4v) is 1.88. The Morgan fingerprint density at radius 3 is 1.81 bits per heavy atom. The highest BCUT2D eigenvalue weighted by atomic mass is 14.0. The third kappa shape index (κ3) is 13.5. The quantitative estimate of drug-likeness (QED) is 0.287. The van der Waals surface area contributed by atoms with Gasteiger partial charge in [-0.2, -0.15) is 0 Å². The third-order valence-electron chi connectivity index (χ3n) is 2.91. The first-order valence-corrected chi connectivity index (χ1v) is 7.09. The summed E-state index contributed by atoms with van der Waals surface area (Å²) in [5, 5.41) is 0. The Morgan fingerprint density at radius 2 is 1.31 bits per heavy atom. The van der Waals surface area contributed by atoms with E-state index in [4.69, 9.17) is 0 Å². The number of rotatable bonds is 12. The molecule has 0 aromatic rings. The van der Waals surface area contributed by atoms with E-state index < -0.39 is 0 Å². The molecule has 0 bridgehead atoms. The normalized spacial score (nSPS) is 11.1. The van der Waals surface area contributed by atoms with E-state index in [1.807, 2.05) is 6.08 Å². The smallest absolute Gasteiger partial charge is 0.0276 e. The maximum atomic E-state index is 3.63. The second-order valence-corrected chi connectivity index (χ2v) is 4.54. The molecule has 0 aromatic carbocycles. The van der Waals surface area contributed by atoms with Crippen LogP contribution in [0.25, 0.3) is 0 Å². The maximum absolute atomic E-state index is 3.63. The van der Waals surface area contributed by atoms with Crippen LogP contribution in [0.3, 0.4) is 0 Å². The average Bonchev–Trinajstić information content (AvgIpc) is 2.31. The van der Waals surface area contributed by atoms with Gasteiger partial charge in [0.05, 0.1) is 0 Å². The Morgan fingerprint density at radius 1 is 0.812 bits per heavy atom. The zero-order valence-corrected chi connectivity index (χ0v) is 11.1. The molecule has 0 nitrogen and oxygen atoms in total. The van der Waals surface area contributed by atoms with Crippen LogP contribution in [-0.2, 0) is 0 Å². The number of hydrogen-bond donors (Lipinski definition) is 0. The van der Waals surface area contributed by atoms with Crippen molar-refractivity contribution in [1.82, 2.24) is 0 Å². The van der Waals surface area contributed by atoms with Crippen molar-refractivity contribution >= 4 is 0 Å². The minimum atomic E-state index is 1.10. The highest BCUT2D eigenvalue weighted by molar-refractivity contribution is 4.92. The van der Waals surface area contributed by atoms with Crippen LogP contribution < -0.4 is 0 Å². The van der Waals surface area contributed by atoms with Crippen molar-refractivity contribution in [3.8, 4) is 0 Å². The van der Waals surface area contributed by atoms with Gasteiger partial charge in [0.15, 0.2) is 0 Å². The minimum Gasteiger partial charge on any atom is -0.0991 e. The van der Waals surface area contributed by atoms with Crippen LogP contribution in [0.1, 0.15) is 77.6 Å². The highest BCUT2D eigenvalue weighted by Gasteiger charge is 1.91. The van der Waals surface area contributed by atoms with Gasteiger partial charge in [0, 0.05) is 0 Å². The summed E-state index contributed by atoms with van der Waals surface area (Å²) in [7, 11) is 0. The molecule has 0 aliphatic heterocycles. The number of unbranched alkanes of at least 4 members (excludes halogenated alkanes) is 10. The summed E-state index contributed by atoms with van der Waals surface area (Å²) >= 11 is 0. The summed E-state index contributed by atoms with van der Waals surface area (Å²) in [5.74, 6) is 0. The first kappa shape index (κ1) is 15.5. The third-order valence-corrected chi connectivity index (χ3v) is 2.91. The van der Waals surface area contributed by atoms with Gasteiger partial charge in [-0.1, -0.05) is 83.4 Å². The van der Waals surface area contributed by atoms with Crippen LogP contribution in [0.4, 0.5) is 0 Å². The second kappa shape index (κ2) is 14.5. The molecule has 0 saturated carbocycles. The first-order valence-electron chi connectivity index (χ1n) is 7.09. The Labute approximate surface area is 103 Å². The minimum absolute atomic E-state index is 1.10. The van der Waals surface area contributed by atoms with Crippen molar-refractivity contribution in [1.29, 1.82) is 0 Å². The van der Waals surface area contributed by atoms with Crippen molar-refractivity contribution in [2.45, 2.75) is 77.6 Å². The molecule has 93 valence electrons. The van der Waals surface area contributed by atoms with Crippen molar-refractivity contribution in [3.63, 3.8) is 0 Å². The lowest BCUT2D eigenvalue weighted by Crippen LogP contribution is -1.81. The molecule has 0 rings (SSSR count). The van der Waals surface area contributed by atoms with E-state index in [9.17, 15) is 0 Å². The molecular weight excluding hydrogens is 192 g/mol. The molecule has 0 aromatic heterocycles. The van der Waals surface area contributed by atoms with Gasteiger partial charge in [-0.25, -0.2) is 0 Å². The molecule has 0 saturated heterocycles. The zero-order valence-electron chi connectivity index (χ0n) is 11.1. The van der Waals surface area contributed by atoms with Crippen LogP contribution in [0.15, 0.2) is 18.7 Å². The zero-order chi connectivity index (χ0) is 11.9. The van der Waals surface area contributed by atoms with Crippen LogP contribution in [0, 0.1) is 6.08 Å². The topological polar surface area (TPSA) is 0 Å². The number of allylic oxidation sites excluding steroid dienone is 3. The molecule has 0 heteroatoms. The van der Waals surface area contributed by atoms with Crippen molar-refractivity contribution in [3.05, 3.63) is 24.8 Å². The van der Waals surface area contributed by atoms with Gasteiger partial charge in [-0.3, -0.25) is 0 Å². The summed E-state index contributed by atoms with van der Waals surface area (Å²) < 4.78 is 0. The van der Waals surface area contributed by atoms with Crippen molar-refractivity contribution < 1.29 is 0 Å². The van der Waals surface area contributed by atoms with E-state index in [1.165, 1.54) is 64.2 Å². The predicted molar refractivity (Wildman–Crippen MR) is 74.5 cm³/mol. The number of hydrogen-bond acceptors (Lipinski definition) is 0. The Hall–Kier alpha value is -0.520. The van der Waals surface area contributed by atoms with E-state index in [-0.39, 0.29) is 0 Å². The monoisotopic (exact) mass is 221 g/mol. The molecule has 0 amide bonds. The lowest BCUT2D eigenvalue weighted by Gasteiger charge is -2.00. The molecule has 0 aliphatic rings. The molecule has 0 atom stereocenters. The van der Waals surface area contributed by atoms with Gasteiger partial charge in [0.2, 0.25) is 0 Å². The van der Waals surface area contributed by atoms with Gasteiger partial charge in [0.25, 0.3) is 0 Å². The van der Waals surface area contributed by atoms with Crippen molar-refractivity contribution in [2.75, 3.05) is 0 Å². The lowest BCUT2D eigenvalue weighted by molar-refractivity contribution is 0.557. The Balaban J connectivity index is 2.93. The molecule has 0 fully saturated rings. The van der Waals surface area contributed by atoms with Gasteiger partial charge < -0.3 is 0 Å². The molecule has 16 heavy (non-hydrogen) atoms. The van der Waals surface area contributed by atoms with Crippen LogP contribution in [0.5, 0.6) is 0 Å². The summed E-state index contributed by atoms with van der Waals surface area (Å²) in [6.45, 7) is 5.91. The van der Waals surface area contributed by atoms with E-state index in [1.54, 1.807) is 6.08 Å². The predicted octanol–water partition coefficient (Wildman–Crippen LogP) is 5.84. The molecule has 0 spiro atoms. The van der Waals surface area contributed by atoms with Crippen molar-refractivity contribution in [2.24, 2.45) is 0 Å². The lowest BCUT2D eigenvalue weighted by atomic mass is 10.1. The fourth-order valence-electron chi connectivity index (χ4n) is 1.88. The highest BCUT2D eigenvalue weighted by Crippen LogP contribution is 2.11. The summed E-state index contributed by atoms with van der Waals surface area (Å²) in [4.78, 5) is 0. The van der Waals surface area contributed by atoms with E-state index in [0.29, 0.717) is 0 Å². The second-order valence-electron chi connectivity index (χ2n) is 4.54. The van der Waals surface area contributed by atoms with Gasteiger partial charge in [0.1, 0.15) is 0 Å². The molecule has 0 N–H and O–H groups in total. The van der Waals surface area contributed by atoms with E-state index in [2.05, 4.69) is 19.6 Å². The van der Waals surface area contributed by atoms with E-state index >= 15 is 0 Å². The average molecular weight is 221 g/mol. The Kier molecular flexibility index (Phi) is 14.0. The van der Waals surface area contributed by atoms with Gasteiger partial charge in [-0.15, -0.1) is 0 Å². The summed E-state index contributed by atoms with van der Waals surface area (Å²) in [6.07, 6.45) is 22.1. The van der Waals surface area contributed by atoms with E-state index in [0.717, 1.165) is 6.42 Å².